The van der Waals surface area contributed by atoms with Crippen molar-refractivity contribution in [1.29, 1.82) is 0 Å². The van der Waals surface area contributed by atoms with Crippen LogP contribution in [0.5, 0.6) is 5.75 Å². The third kappa shape index (κ3) is 8.16. The number of Topliss-reactive ketones (excluding diaryl/α,β-unsaturated/α-hetero) is 1. The monoisotopic (exact) mass is 666 g/mol. The van der Waals surface area contributed by atoms with E-state index in [0.717, 1.165) is 23.3 Å². The summed E-state index contributed by atoms with van der Waals surface area (Å²) in [5.41, 5.74) is 10.8. The number of nitrogens with zero attached hydrogens (tertiary/aromatic N) is 6. The predicted molar refractivity (Wildman–Crippen MR) is 157 cm³/mol. The maximum atomic E-state index is 13.3. The van der Waals surface area contributed by atoms with Crippen LogP contribution in [-0.4, -0.2) is 91.1 Å². The van der Waals surface area contributed by atoms with Crippen molar-refractivity contribution in [3.05, 3.63) is 41.8 Å². The highest BCUT2D eigenvalue weighted by Crippen LogP contribution is 2.40. The number of thiazole rings is 1. The number of aliphatic carboxylic acids is 1. The van der Waals surface area contributed by atoms with Gasteiger partial charge in [-0.05, 0) is 38.9 Å². The van der Waals surface area contributed by atoms with Crippen LogP contribution in [0.25, 0.3) is 11.3 Å². The minimum Gasteiger partial charge on any atom is -0.487 e. The second-order valence-corrected chi connectivity index (χ2v) is 12.1. The standard InChI is InChI=1S/C25H30N8O10S2/c1-25(2)16(22(35)33(25)43-45(38,39)40)8-19(34)21(18-13-44-24(27)30-18)31-42-20(23(36)37)12-41-15-4-5-17(28-10-15)14-9-29-32(11-14)7-3-6-26/h4-5,9-11,13,16,20H,3,6-8,12,26H2,1-2H3,(H2,27,30)(H,36,37)(H,38,39,40)/b31-21-/t16?,20-/m0/s1. The highest BCUT2D eigenvalue weighted by Gasteiger charge is 2.57. The summed E-state index contributed by atoms with van der Waals surface area (Å²) in [4.78, 5) is 51.2. The van der Waals surface area contributed by atoms with Crippen molar-refractivity contribution < 1.29 is 46.3 Å². The molecule has 1 aliphatic heterocycles. The first-order valence-corrected chi connectivity index (χ1v) is 15.5. The molecule has 242 valence electrons. The fraction of sp³-hybridized carbons (Fsp3) is 0.400. The van der Waals surface area contributed by atoms with Gasteiger partial charge < -0.3 is 26.1 Å². The van der Waals surface area contributed by atoms with E-state index in [9.17, 15) is 27.9 Å². The molecule has 20 heteroatoms. The van der Waals surface area contributed by atoms with Crippen molar-refractivity contribution >= 4 is 50.2 Å². The molecule has 0 spiro atoms. The number of carboxylic acid groups (broad SMARTS) is 1. The number of oxime groups is 1. The molecule has 1 fully saturated rings. The predicted octanol–water partition coefficient (Wildman–Crippen LogP) is 0.516. The molecule has 0 radical (unpaired) electrons. The fourth-order valence-electron chi connectivity index (χ4n) is 4.23. The Kier molecular flexibility index (Phi) is 10.1. The lowest BCUT2D eigenvalue weighted by Gasteiger charge is -2.50. The van der Waals surface area contributed by atoms with Gasteiger partial charge in [-0.2, -0.15) is 18.6 Å². The van der Waals surface area contributed by atoms with E-state index in [1.165, 1.54) is 25.4 Å². The zero-order valence-corrected chi connectivity index (χ0v) is 25.6. The van der Waals surface area contributed by atoms with Crippen LogP contribution >= 0.6 is 11.3 Å². The number of β-lactam (4-membered cyclic amide) rings is 1. The van der Waals surface area contributed by atoms with Crippen molar-refractivity contribution in [3.63, 3.8) is 0 Å². The maximum absolute atomic E-state index is 13.3. The summed E-state index contributed by atoms with van der Waals surface area (Å²) >= 11 is 0.978. The molecule has 1 saturated heterocycles. The van der Waals surface area contributed by atoms with E-state index in [1.54, 1.807) is 23.0 Å². The Labute approximate surface area is 260 Å². The van der Waals surface area contributed by atoms with Crippen LogP contribution in [0.1, 0.15) is 32.4 Å². The molecule has 0 aliphatic carbocycles. The molecule has 0 aromatic carbocycles. The SMILES string of the molecule is CC1(C)C(CC(=O)/C(=N\O[C@@H](COc2ccc(-c3cnn(CCCN)c3)nc2)C(=O)O)c2csc(N)n2)C(=O)N1OS(=O)(=O)O. The average molecular weight is 667 g/mol. The quantitative estimate of drug-likeness (QED) is 0.0702. The van der Waals surface area contributed by atoms with E-state index < -0.39 is 64.4 Å². The van der Waals surface area contributed by atoms with Crippen LogP contribution in [-0.2, 0) is 40.4 Å². The second kappa shape index (κ2) is 13.6. The Bertz CT molecular complexity index is 1690. The van der Waals surface area contributed by atoms with E-state index in [0.29, 0.717) is 23.8 Å². The van der Waals surface area contributed by atoms with Gasteiger partial charge in [0, 0.05) is 30.1 Å². The lowest BCUT2D eigenvalue weighted by Crippen LogP contribution is -2.68. The summed E-state index contributed by atoms with van der Waals surface area (Å²) in [6, 6.07) is 3.25. The van der Waals surface area contributed by atoms with E-state index in [2.05, 4.69) is 24.5 Å². The number of ether oxygens (including phenoxy) is 1. The van der Waals surface area contributed by atoms with Crippen molar-refractivity contribution in [3.8, 4) is 17.0 Å². The van der Waals surface area contributed by atoms with Crippen molar-refractivity contribution in [1.82, 2.24) is 24.8 Å². The molecule has 3 aromatic heterocycles. The maximum Gasteiger partial charge on any atom is 0.418 e. The van der Waals surface area contributed by atoms with Crippen LogP contribution in [0.15, 0.2) is 41.3 Å². The number of aromatic nitrogens is 4. The van der Waals surface area contributed by atoms with Gasteiger partial charge in [-0.25, -0.2) is 9.78 Å². The summed E-state index contributed by atoms with van der Waals surface area (Å²) in [5.74, 6) is -3.97. The Balaban J connectivity index is 1.44. The molecule has 1 amide bonds. The summed E-state index contributed by atoms with van der Waals surface area (Å²) in [6.07, 6.45) is 3.47. The number of hydrogen-bond acceptors (Lipinski definition) is 15. The van der Waals surface area contributed by atoms with E-state index >= 15 is 0 Å². The number of carbonyl (C=O) groups excluding carboxylic acids is 2. The van der Waals surface area contributed by atoms with Gasteiger partial charge in [-0.3, -0.25) is 23.8 Å². The summed E-state index contributed by atoms with van der Waals surface area (Å²) < 4.78 is 42.7. The molecule has 0 bridgehead atoms. The van der Waals surface area contributed by atoms with Gasteiger partial charge >= 0.3 is 16.4 Å². The number of amides is 1. The largest absolute Gasteiger partial charge is 0.487 e. The Hall–Kier alpha value is -4.50. The number of hydrogen-bond donors (Lipinski definition) is 4. The minimum absolute atomic E-state index is 0.0330. The van der Waals surface area contributed by atoms with E-state index in [1.807, 2.05) is 6.20 Å². The first-order valence-electron chi connectivity index (χ1n) is 13.2. The van der Waals surface area contributed by atoms with Gasteiger partial charge in [0.2, 0.25) is 0 Å². The minimum atomic E-state index is -4.99. The molecule has 18 nitrogen and oxygen atoms in total. The number of anilines is 1. The topological polar surface area (TPSA) is 265 Å². The van der Waals surface area contributed by atoms with E-state index in [-0.39, 0.29) is 16.6 Å². The molecule has 2 atom stereocenters. The Morgan fingerprint density at radius 1 is 1.27 bits per heavy atom. The zero-order chi connectivity index (χ0) is 32.9. The molecule has 1 aliphatic rings. The van der Waals surface area contributed by atoms with Crippen LogP contribution in [0.2, 0.25) is 0 Å². The van der Waals surface area contributed by atoms with Gasteiger partial charge in [0.05, 0.1) is 29.5 Å². The first-order chi connectivity index (χ1) is 21.2. The van der Waals surface area contributed by atoms with E-state index in [4.69, 9.17) is 25.6 Å². The Morgan fingerprint density at radius 3 is 2.60 bits per heavy atom. The van der Waals surface area contributed by atoms with Crippen molar-refractivity contribution in [2.24, 2.45) is 16.8 Å². The molecule has 1 unspecified atom stereocenters. The number of hydroxylamine groups is 2. The first kappa shape index (κ1) is 33.4. The molecule has 4 heterocycles. The molecule has 4 rings (SSSR count). The lowest BCUT2D eigenvalue weighted by atomic mass is 9.74. The molecule has 3 aromatic rings. The number of nitrogens with two attached hydrogens (primary N) is 2. The number of carbonyl (C=O) groups is 3. The van der Waals surface area contributed by atoms with Crippen LogP contribution in [0, 0.1) is 5.92 Å². The zero-order valence-electron chi connectivity index (χ0n) is 24.0. The lowest BCUT2D eigenvalue weighted by molar-refractivity contribution is -0.228. The summed E-state index contributed by atoms with van der Waals surface area (Å²) in [6.45, 7) is 3.52. The number of rotatable bonds is 16. The van der Waals surface area contributed by atoms with Crippen molar-refractivity contribution in [2.75, 3.05) is 18.9 Å². The third-order valence-corrected chi connectivity index (χ3v) is 7.68. The Morgan fingerprint density at radius 2 is 2.02 bits per heavy atom. The van der Waals surface area contributed by atoms with Crippen LogP contribution in [0.4, 0.5) is 5.13 Å². The smallest absolute Gasteiger partial charge is 0.418 e. The molecular weight excluding hydrogens is 636 g/mol. The molecule has 0 saturated carbocycles. The summed E-state index contributed by atoms with van der Waals surface area (Å²) in [5, 5.41) is 19.6. The normalized spacial score (nSPS) is 17.1. The number of aryl methyl sites for hydroxylation is 1. The van der Waals surface area contributed by atoms with Gasteiger partial charge in [-0.1, -0.05) is 5.16 Å². The molecule has 45 heavy (non-hydrogen) atoms. The van der Waals surface area contributed by atoms with Gasteiger partial charge in [-0.15, -0.1) is 15.6 Å². The van der Waals surface area contributed by atoms with Gasteiger partial charge in [0.15, 0.2) is 16.6 Å². The van der Waals surface area contributed by atoms with Gasteiger partial charge in [0.25, 0.3) is 12.0 Å². The number of nitrogen functional groups attached to an aromatic ring is 1. The van der Waals surface area contributed by atoms with Gasteiger partial charge in [0.1, 0.15) is 18.1 Å². The summed E-state index contributed by atoms with van der Waals surface area (Å²) in [7, 11) is -4.99. The molecular formula is C25H30N8O10S2. The highest BCUT2D eigenvalue weighted by molar-refractivity contribution is 7.80. The number of ketones is 1. The average Bonchev–Trinajstić information content (AvgIpc) is 3.64. The highest BCUT2D eigenvalue weighted by atomic mass is 32.3. The second-order valence-electron chi connectivity index (χ2n) is 10.2. The van der Waals surface area contributed by atoms with Crippen molar-refractivity contribution in [2.45, 2.75) is 44.9 Å². The fourth-order valence-corrected chi connectivity index (χ4v) is 5.23. The van der Waals surface area contributed by atoms with Crippen LogP contribution < -0.4 is 16.2 Å². The number of carboxylic acids is 1. The number of pyridine rings is 1. The molecule has 6 N–H and O–H groups in total. The van der Waals surface area contributed by atoms with Crippen LogP contribution in [0.3, 0.4) is 0 Å². The third-order valence-electron chi connectivity index (χ3n) is 6.67.